The van der Waals surface area contributed by atoms with E-state index in [9.17, 15) is 0 Å². The molecule has 0 spiro atoms. The standard InChI is InChI=1S/C30H25BO3S/c1-29(2)30(3,4)34-31(33-29)19-13-15-22-21-14-12-18(16-25(21)32-26(22)17-19)20-9-7-10-24-23-8-5-6-11-27(23)35-28(20)24/h5-17H,1-4H3. The van der Waals surface area contributed by atoms with Gasteiger partial charge in [0.15, 0.2) is 0 Å². The molecule has 1 aliphatic heterocycles. The second-order valence-electron chi connectivity index (χ2n) is 10.4. The van der Waals surface area contributed by atoms with Gasteiger partial charge < -0.3 is 13.7 Å². The summed E-state index contributed by atoms with van der Waals surface area (Å²) in [4.78, 5) is 0. The molecule has 0 amide bonds. The highest BCUT2D eigenvalue weighted by molar-refractivity contribution is 7.26. The molecule has 35 heavy (non-hydrogen) atoms. The van der Waals surface area contributed by atoms with Crippen LogP contribution in [0.2, 0.25) is 0 Å². The third-order valence-corrected chi connectivity index (χ3v) is 8.96. The van der Waals surface area contributed by atoms with Crippen LogP contribution in [0.15, 0.2) is 83.3 Å². The lowest BCUT2D eigenvalue weighted by atomic mass is 9.79. The first kappa shape index (κ1) is 21.2. The van der Waals surface area contributed by atoms with Crippen molar-refractivity contribution in [2.75, 3.05) is 0 Å². The van der Waals surface area contributed by atoms with Gasteiger partial charge in [-0.05, 0) is 68.6 Å². The zero-order valence-corrected chi connectivity index (χ0v) is 21.0. The van der Waals surface area contributed by atoms with E-state index in [-0.39, 0.29) is 11.2 Å². The second kappa shape index (κ2) is 7.20. The van der Waals surface area contributed by atoms with Crippen molar-refractivity contribution in [1.82, 2.24) is 0 Å². The van der Waals surface area contributed by atoms with Crippen molar-refractivity contribution in [3.05, 3.63) is 78.9 Å². The lowest BCUT2D eigenvalue weighted by Gasteiger charge is -2.32. The van der Waals surface area contributed by atoms with E-state index in [1.807, 2.05) is 11.3 Å². The predicted octanol–water partition coefficient (Wildman–Crippen LogP) is 7.92. The molecule has 1 fully saturated rings. The Bertz CT molecular complexity index is 1760. The largest absolute Gasteiger partial charge is 0.494 e. The molecule has 0 unspecified atom stereocenters. The van der Waals surface area contributed by atoms with Gasteiger partial charge in [-0.1, -0.05) is 54.6 Å². The van der Waals surface area contributed by atoms with Gasteiger partial charge in [-0.25, -0.2) is 0 Å². The van der Waals surface area contributed by atoms with Crippen LogP contribution in [-0.4, -0.2) is 18.3 Å². The molecule has 6 aromatic rings. The van der Waals surface area contributed by atoms with E-state index in [2.05, 4.69) is 107 Å². The second-order valence-corrected chi connectivity index (χ2v) is 11.5. The Morgan fingerprint density at radius 3 is 2.14 bits per heavy atom. The molecule has 1 saturated heterocycles. The van der Waals surface area contributed by atoms with Gasteiger partial charge in [0.05, 0.1) is 11.2 Å². The summed E-state index contributed by atoms with van der Waals surface area (Å²) in [5.41, 5.74) is 4.38. The molecule has 7 rings (SSSR count). The van der Waals surface area contributed by atoms with Crippen LogP contribution in [0, 0.1) is 0 Å². The van der Waals surface area contributed by atoms with Gasteiger partial charge in [-0.15, -0.1) is 11.3 Å². The topological polar surface area (TPSA) is 31.6 Å². The van der Waals surface area contributed by atoms with Crippen molar-refractivity contribution in [3.8, 4) is 11.1 Å². The van der Waals surface area contributed by atoms with E-state index in [0.29, 0.717) is 0 Å². The minimum Gasteiger partial charge on any atom is -0.456 e. The van der Waals surface area contributed by atoms with Crippen molar-refractivity contribution in [3.63, 3.8) is 0 Å². The molecule has 3 heterocycles. The van der Waals surface area contributed by atoms with Gasteiger partial charge in [0.1, 0.15) is 11.2 Å². The Morgan fingerprint density at radius 2 is 1.34 bits per heavy atom. The number of hydrogen-bond donors (Lipinski definition) is 0. The lowest BCUT2D eigenvalue weighted by Crippen LogP contribution is -2.41. The van der Waals surface area contributed by atoms with Crippen LogP contribution in [0.3, 0.4) is 0 Å². The normalized spacial score (nSPS) is 17.3. The highest BCUT2D eigenvalue weighted by Crippen LogP contribution is 2.41. The zero-order valence-electron chi connectivity index (χ0n) is 20.2. The van der Waals surface area contributed by atoms with E-state index in [4.69, 9.17) is 13.7 Å². The van der Waals surface area contributed by atoms with Crippen molar-refractivity contribution < 1.29 is 13.7 Å². The molecule has 3 nitrogen and oxygen atoms in total. The maximum atomic E-state index is 6.38. The first-order chi connectivity index (χ1) is 16.8. The number of furan rings is 1. The van der Waals surface area contributed by atoms with Crippen molar-refractivity contribution in [2.45, 2.75) is 38.9 Å². The summed E-state index contributed by atoms with van der Waals surface area (Å²) in [6.45, 7) is 8.30. The van der Waals surface area contributed by atoms with Gasteiger partial charge in [0.2, 0.25) is 0 Å². The van der Waals surface area contributed by atoms with Crippen LogP contribution in [-0.2, 0) is 9.31 Å². The number of hydrogen-bond acceptors (Lipinski definition) is 4. The van der Waals surface area contributed by atoms with E-state index < -0.39 is 7.12 Å². The number of rotatable bonds is 2. The minimum absolute atomic E-state index is 0.372. The van der Waals surface area contributed by atoms with Crippen molar-refractivity contribution >= 4 is 66.0 Å². The molecule has 172 valence electrons. The van der Waals surface area contributed by atoms with E-state index in [1.54, 1.807) is 0 Å². The molecule has 5 heteroatoms. The molecule has 1 aliphatic rings. The van der Waals surface area contributed by atoms with Crippen LogP contribution in [0.4, 0.5) is 0 Å². The summed E-state index contributed by atoms with van der Waals surface area (Å²) in [7, 11) is -0.404. The van der Waals surface area contributed by atoms with E-state index >= 15 is 0 Å². The van der Waals surface area contributed by atoms with Crippen LogP contribution >= 0.6 is 11.3 Å². The van der Waals surface area contributed by atoms with E-state index in [1.165, 1.54) is 31.3 Å². The number of fused-ring (bicyclic) bond motifs is 6. The first-order valence-corrected chi connectivity index (χ1v) is 12.8. The fraction of sp³-hybridized carbons (Fsp3) is 0.200. The Balaban J connectivity index is 1.33. The Labute approximate surface area is 208 Å². The molecule has 2 aromatic heterocycles. The molecule has 0 N–H and O–H groups in total. The van der Waals surface area contributed by atoms with Gasteiger partial charge in [0.25, 0.3) is 0 Å². The first-order valence-electron chi connectivity index (χ1n) is 12.0. The molecule has 0 atom stereocenters. The molecule has 0 radical (unpaired) electrons. The number of benzene rings is 4. The minimum atomic E-state index is -0.404. The molecule has 4 aromatic carbocycles. The predicted molar refractivity (Wildman–Crippen MR) is 148 cm³/mol. The van der Waals surface area contributed by atoms with Crippen LogP contribution in [0.1, 0.15) is 27.7 Å². The maximum absolute atomic E-state index is 6.38. The Morgan fingerprint density at radius 1 is 0.657 bits per heavy atom. The maximum Gasteiger partial charge on any atom is 0.494 e. The SMILES string of the molecule is CC1(C)OB(c2ccc3c(c2)oc2cc(-c4cccc5c4sc4ccccc45)ccc23)OC1(C)C. The molecular formula is C30H25BO3S. The Kier molecular flexibility index (Phi) is 4.36. The molecule has 0 bridgehead atoms. The lowest BCUT2D eigenvalue weighted by molar-refractivity contribution is 0.00578. The van der Waals surface area contributed by atoms with Gasteiger partial charge >= 0.3 is 7.12 Å². The summed E-state index contributed by atoms with van der Waals surface area (Å²) in [6.07, 6.45) is 0. The third-order valence-electron chi connectivity index (χ3n) is 7.74. The summed E-state index contributed by atoms with van der Waals surface area (Å²) in [6, 6.07) is 28.0. The smallest absolute Gasteiger partial charge is 0.456 e. The average molecular weight is 476 g/mol. The van der Waals surface area contributed by atoms with Crippen LogP contribution in [0.25, 0.3) is 53.2 Å². The van der Waals surface area contributed by atoms with Crippen LogP contribution in [0.5, 0.6) is 0 Å². The zero-order chi connectivity index (χ0) is 23.9. The highest BCUT2D eigenvalue weighted by atomic mass is 32.1. The van der Waals surface area contributed by atoms with Gasteiger partial charge in [-0.2, -0.15) is 0 Å². The fourth-order valence-electron chi connectivity index (χ4n) is 5.06. The van der Waals surface area contributed by atoms with E-state index in [0.717, 1.165) is 27.4 Å². The molecule has 0 saturated carbocycles. The summed E-state index contributed by atoms with van der Waals surface area (Å²) in [5, 5.41) is 4.84. The Hall–Kier alpha value is -3.12. The van der Waals surface area contributed by atoms with Gasteiger partial charge in [-0.3, -0.25) is 0 Å². The molecular weight excluding hydrogens is 451 g/mol. The van der Waals surface area contributed by atoms with Gasteiger partial charge in [0, 0.05) is 30.9 Å². The molecule has 0 aliphatic carbocycles. The summed E-state index contributed by atoms with van der Waals surface area (Å²) >= 11 is 1.85. The summed E-state index contributed by atoms with van der Waals surface area (Å²) in [5.74, 6) is 0. The average Bonchev–Trinajstić information content (AvgIpc) is 3.46. The monoisotopic (exact) mass is 476 g/mol. The third kappa shape index (κ3) is 3.12. The fourth-order valence-corrected chi connectivity index (χ4v) is 6.30. The quantitative estimate of drug-likeness (QED) is 0.238. The van der Waals surface area contributed by atoms with Crippen molar-refractivity contribution in [2.24, 2.45) is 0 Å². The summed E-state index contributed by atoms with van der Waals surface area (Å²) < 4.78 is 21.5. The highest BCUT2D eigenvalue weighted by Gasteiger charge is 2.51. The van der Waals surface area contributed by atoms with Crippen molar-refractivity contribution in [1.29, 1.82) is 0 Å². The van der Waals surface area contributed by atoms with Crippen LogP contribution < -0.4 is 5.46 Å². The number of thiophene rings is 1.